The van der Waals surface area contributed by atoms with Crippen LogP contribution in [0.3, 0.4) is 0 Å². The van der Waals surface area contributed by atoms with E-state index < -0.39 is 0 Å². The third-order valence-electron chi connectivity index (χ3n) is 5.29. The molecule has 1 fully saturated rings. The minimum atomic E-state index is -0.227. The largest absolute Gasteiger partial charge is 0.496 e. The van der Waals surface area contributed by atoms with Crippen molar-refractivity contribution in [3.63, 3.8) is 0 Å². The summed E-state index contributed by atoms with van der Waals surface area (Å²) in [7, 11) is 1.69. The fourth-order valence-corrected chi connectivity index (χ4v) is 5.07. The lowest BCUT2D eigenvalue weighted by atomic mass is 10.1. The smallest absolute Gasteiger partial charge is 0.132 e. The molecule has 5 heteroatoms. The number of thioether (sulfide) groups is 1. The molecule has 0 bridgehead atoms. The van der Waals surface area contributed by atoms with Gasteiger partial charge >= 0.3 is 0 Å². The Hall–Kier alpha value is -2.34. The number of hydrogen-bond acceptors (Lipinski definition) is 4. The maximum atomic E-state index is 13.6. The van der Waals surface area contributed by atoms with Crippen LogP contribution in [-0.2, 0) is 11.3 Å². The third kappa shape index (κ3) is 5.22. The number of halogens is 1. The number of para-hydroxylation sites is 1. The predicted molar refractivity (Wildman–Crippen MR) is 119 cm³/mol. The van der Waals surface area contributed by atoms with Crippen LogP contribution < -0.4 is 4.74 Å². The molecule has 0 saturated carbocycles. The Kier molecular flexibility index (Phi) is 7.05. The molecule has 2 atom stereocenters. The highest BCUT2D eigenvalue weighted by Crippen LogP contribution is 2.43. The first-order valence-electron chi connectivity index (χ1n) is 10.2. The highest BCUT2D eigenvalue weighted by molar-refractivity contribution is 7.99. The summed E-state index contributed by atoms with van der Waals surface area (Å²) >= 11 is 1.71. The summed E-state index contributed by atoms with van der Waals surface area (Å²) in [6.07, 6.45) is -0.0113. The van der Waals surface area contributed by atoms with Crippen LogP contribution in [0.4, 0.5) is 4.39 Å². The van der Waals surface area contributed by atoms with E-state index in [2.05, 4.69) is 35.2 Å². The normalized spacial score (nSPS) is 18.1. The van der Waals surface area contributed by atoms with Crippen molar-refractivity contribution < 1.29 is 13.9 Å². The molecule has 0 aromatic heterocycles. The number of methoxy groups -OCH3 is 1. The number of ether oxygens (including phenoxy) is 2. The Morgan fingerprint density at radius 1 is 1.03 bits per heavy atom. The molecule has 1 heterocycles. The predicted octanol–water partition coefficient (Wildman–Crippen LogP) is 5.57. The molecule has 4 rings (SSSR count). The van der Waals surface area contributed by atoms with Crippen LogP contribution in [0.25, 0.3) is 0 Å². The van der Waals surface area contributed by atoms with Gasteiger partial charge in [-0.15, -0.1) is 11.8 Å². The summed E-state index contributed by atoms with van der Waals surface area (Å²) in [6.45, 7) is 3.30. The van der Waals surface area contributed by atoms with Crippen molar-refractivity contribution in [1.29, 1.82) is 0 Å². The number of hydrogen-bond donors (Lipinski definition) is 0. The summed E-state index contributed by atoms with van der Waals surface area (Å²) in [4.78, 5) is 3.49. The van der Waals surface area contributed by atoms with E-state index in [1.165, 1.54) is 17.7 Å². The minimum absolute atomic E-state index is 0.0113. The van der Waals surface area contributed by atoms with Crippen LogP contribution >= 0.6 is 11.8 Å². The first-order chi connectivity index (χ1) is 14.7. The lowest BCUT2D eigenvalue weighted by Crippen LogP contribution is -2.44. The molecule has 3 aromatic rings. The van der Waals surface area contributed by atoms with Gasteiger partial charge in [-0.1, -0.05) is 54.6 Å². The van der Waals surface area contributed by atoms with Gasteiger partial charge < -0.3 is 9.47 Å². The second-order valence-electron chi connectivity index (χ2n) is 7.37. The Morgan fingerprint density at radius 2 is 1.77 bits per heavy atom. The average molecular weight is 424 g/mol. The van der Waals surface area contributed by atoms with E-state index in [0.29, 0.717) is 6.61 Å². The first-order valence-corrected chi connectivity index (χ1v) is 11.0. The number of nitrogens with zero attached hydrogens (tertiary/aromatic N) is 1. The number of benzene rings is 3. The maximum absolute atomic E-state index is 13.6. The van der Waals surface area contributed by atoms with Gasteiger partial charge in [0, 0.05) is 19.6 Å². The zero-order valence-corrected chi connectivity index (χ0v) is 17.9. The lowest BCUT2D eigenvalue weighted by molar-refractivity contribution is -0.0320. The monoisotopic (exact) mass is 423 g/mol. The van der Waals surface area contributed by atoms with E-state index in [9.17, 15) is 4.39 Å². The van der Waals surface area contributed by atoms with Gasteiger partial charge in [-0.25, -0.2) is 4.39 Å². The second-order valence-corrected chi connectivity index (χ2v) is 8.55. The molecule has 1 aliphatic heterocycles. The number of morpholine rings is 1. The second kappa shape index (κ2) is 10.1. The minimum Gasteiger partial charge on any atom is -0.496 e. The Morgan fingerprint density at radius 3 is 2.53 bits per heavy atom. The standard InChI is InChI=1S/C25H26FNO2S/c1-28-22-9-5-6-10-24(22)30-25(20-11-13-21(26)14-12-20)23-18-27(15-16-29-23)17-19-7-3-2-4-8-19/h2-14,23,25H,15-18H2,1H3/t23-,25-/m1/s1. The summed E-state index contributed by atoms with van der Waals surface area (Å²) in [6, 6.07) is 25.3. The summed E-state index contributed by atoms with van der Waals surface area (Å²) in [5, 5.41) is 0.0282. The van der Waals surface area contributed by atoms with E-state index in [-0.39, 0.29) is 17.2 Å². The van der Waals surface area contributed by atoms with Gasteiger partial charge in [0.05, 0.1) is 30.0 Å². The van der Waals surface area contributed by atoms with Crippen LogP contribution in [-0.4, -0.2) is 37.8 Å². The van der Waals surface area contributed by atoms with Crippen LogP contribution in [0, 0.1) is 5.82 Å². The van der Waals surface area contributed by atoms with Crippen molar-refractivity contribution in [1.82, 2.24) is 4.90 Å². The van der Waals surface area contributed by atoms with Crippen molar-refractivity contribution in [2.75, 3.05) is 26.8 Å². The lowest BCUT2D eigenvalue weighted by Gasteiger charge is -2.37. The average Bonchev–Trinajstić information content (AvgIpc) is 2.79. The van der Waals surface area contributed by atoms with Gasteiger partial charge in [0.15, 0.2) is 0 Å². The molecule has 156 valence electrons. The Balaban J connectivity index is 1.57. The molecule has 0 radical (unpaired) electrons. The van der Waals surface area contributed by atoms with Crippen LogP contribution in [0.2, 0.25) is 0 Å². The molecule has 30 heavy (non-hydrogen) atoms. The van der Waals surface area contributed by atoms with E-state index in [1.54, 1.807) is 18.9 Å². The quantitative estimate of drug-likeness (QED) is 0.463. The highest BCUT2D eigenvalue weighted by atomic mass is 32.2. The van der Waals surface area contributed by atoms with Gasteiger partial charge in [-0.3, -0.25) is 4.90 Å². The van der Waals surface area contributed by atoms with Crippen LogP contribution in [0.1, 0.15) is 16.4 Å². The van der Waals surface area contributed by atoms with E-state index >= 15 is 0 Å². The number of rotatable bonds is 7. The first kappa shape index (κ1) is 20.9. The van der Waals surface area contributed by atoms with Crippen molar-refractivity contribution in [2.45, 2.75) is 22.8 Å². The van der Waals surface area contributed by atoms with E-state index in [0.717, 1.165) is 35.8 Å². The Labute approximate surface area is 181 Å². The molecule has 3 aromatic carbocycles. The molecular formula is C25H26FNO2S. The summed E-state index contributed by atoms with van der Waals surface area (Å²) in [5.74, 6) is 0.613. The molecule has 1 aliphatic rings. The van der Waals surface area contributed by atoms with Crippen molar-refractivity contribution in [2.24, 2.45) is 0 Å². The molecule has 0 N–H and O–H groups in total. The Bertz CT molecular complexity index is 935. The van der Waals surface area contributed by atoms with Gasteiger partial charge in [0.1, 0.15) is 11.6 Å². The van der Waals surface area contributed by atoms with E-state index in [4.69, 9.17) is 9.47 Å². The maximum Gasteiger partial charge on any atom is 0.132 e. The molecule has 0 spiro atoms. The fraction of sp³-hybridized carbons (Fsp3) is 0.280. The molecular weight excluding hydrogens is 397 g/mol. The molecule has 1 saturated heterocycles. The molecule has 0 unspecified atom stereocenters. The van der Waals surface area contributed by atoms with Gasteiger partial charge in [0.2, 0.25) is 0 Å². The fourth-order valence-electron chi connectivity index (χ4n) is 3.76. The van der Waals surface area contributed by atoms with Gasteiger partial charge in [-0.2, -0.15) is 0 Å². The summed E-state index contributed by atoms with van der Waals surface area (Å²) < 4.78 is 25.4. The molecule has 0 aliphatic carbocycles. The summed E-state index contributed by atoms with van der Waals surface area (Å²) in [5.41, 5.74) is 2.35. The topological polar surface area (TPSA) is 21.7 Å². The molecule has 3 nitrogen and oxygen atoms in total. The SMILES string of the molecule is COc1ccccc1S[C@H](c1ccc(F)cc1)[C@H]1CN(Cc2ccccc2)CCO1. The van der Waals surface area contributed by atoms with Crippen LogP contribution in [0.15, 0.2) is 83.8 Å². The van der Waals surface area contributed by atoms with Crippen LogP contribution in [0.5, 0.6) is 5.75 Å². The zero-order valence-electron chi connectivity index (χ0n) is 17.0. The highest BCUT2D eigenvalue weighted by Gasteiger charge is 2.31. The van der Waals surface area contributed by atoms with E-state index in [1.807, 2.05) is 36.4 Å². The van der Waals surface area contributed by atoms with Crippen molar-refractivity contribution in [3.05, 3.63) is 95.8 Å². The zero-order chi connectivity index (χ0) is 20.8. The third-order valence-corrected chi connectivity index (χ3v) is 6.71. The van der Waals surface area contributed by atoms with Gasteiger partial charge in [-0.05, 0) is 35.4 Å². The van der Waals surface area contributed by atoms with Crippen molar-refractivity contribution >= 4 is 11.8 Å². The van der Waals surface area contributed by atoms with Crippen molar-refractivity contribution in [3.8, 4) is 5.75 Å². The molecule has 0 amide bonds. The van der Waals surface area contributed by atoms with Gasteiger partial charge in [0.25, 0.3) is 0 Å².